The number of fused-ring (bicyclic) bond motifs is 6. The molecule has 3 heteroatoms. The van der Waals surface area contributed by atoms with Gasteiger partial charge in [0.2, 0.25) is 0 Å². The topological polar surface area (TPSA) is 46.5 Å². The van der Waals surface area contributed by atoms with E-state index in [2.05, 4.69) is 34.6 Å². The summed E-state index contributed by atoms with van der Waals surface area (Å²) in [5, 5.41) is 11.6. The van der Waals surface area contributed by atoms with Crippen LogP contribution in [0.3, 0.4) is 0 Å². The highest BCUT2D eigenvalue weighted by molar-refractivity contribution is 5.93. The van der Waals surface area contributed by atoms with Gasteiger partial charge < -0.3 is 9.84 Å². The van der Waals surface area contributed by atoms with E-state index in [-0.39, 0.29) is 11.4 Å². The van der Waals surface area contributed by atoms with Crippen LogP contribution in [0.1, 0.15) is 86.0 Å². The number of hydrogen-bond acceptors (Lipinski definition) is 3. The fraction of sp³-hybridized carbons (Fsp3) is 0.880. The van der Waals surface area contributed by atoms with Crippen molar-refractivity contribution in [3.05, 3.63) is 11.1 Å². The van der Waals surface area contributed by atoms with Crippen LogP contribution in [-0.2, 0) is 9.53 Å². The van der Waals surface area contributed by atoms with Gasteiger partial charge in [0.05, 0.1) is 6.10 Å². The van der Waals surface area contributed by atoms with Crippen LogP contribution < -0.4 is 0 Å². The van der Waals surface area contributed by atoms with Gasteiger partial charge in [-0.1, -0.05) is 41.0 Å². The van der Waals surface area contributed by atoms with Crippen molar-refractivity contribution in [1.29, 1.82) is 0 Å². The Bertz CT molecular complexity index is 751. The second-order valence-electron chi connectivity index (χ2n) is 12.2. The molecule has 0 aromatic heterocycles. The summed E-state index contributed by atoms with van der Waals surface area (Å²) in [7, 11) is 0. The van der Waals surface area contributed by atoms with E-state index in [9.17, 15) is 9.90 Å². The third-order valence-electron chi connectivity index (χ3n) is 10.7. The third-order valence-corrected chi connectivity index (χ3v) is 10.7. The van der Waals surface area contributed by atoms with Crippen LogP contribution in [0.5, 0.6) is 0 Å². The van der Waals surface area contributed by atoms with Gasteiger partial charge in [-0.3, -0.25) is 0 Å². The molecule has 3 nitrogen and oxygen atoms in total. The molecule has 1 aliphatic heterocycles. The quantitative estimate of drug-likeness (QED) is 0.577. The summed E-state index contributed by atoms with van der Waals surface area (Å²) < 4.78 is 5.44. The first-order valence-electron chi connectivity index (χ1n) is 11.6. The van der Waals surface area contributed by atoms with Gasteiger partial charge in [0, 0.05) is 11.0 Å². The van der Waals surface area contributed by atoms with E-state index in [0.717, 1.165) is 30.8 Å². The molecule has 0 saturated heterocycles. The summed E-state index contributed by atoms with van der Waals surface area (Å²) >= 11 is 0. The molecule has 7 atom stereocenters. The lowest BCUT2D eigenvalue weighted by atomic mass is 9.35. The predicted molar refractivity (Wildman–Crippen MR) is 109 cm³/mol. The van der Waals surface area contributed by atoms with E-state index >= 15 is 0 Å². The molecule has 3 saturated carbocycles. The maximum Gasteiger partial charge on any atom is 0.335 e. The summed E-state index contributed by atoms with van der Waals surface area (Å²) in [6, 6.07) is 0. The molecule has 0 unspecified atom stereocenters. The Morgan fingerprint density at radius 1 is 0.929 bits per heavy atom. The number of ether oxygens (including phenoxy) is 1. The summed E-state index contributed by atoms with van der Waals surface area (Å²) in [5.41, 5.74) is 2.50. The van der Waals surface area contributed by atoms with Crippen molar-refractivity contribution >= 4 is 5.97 Å². The van der Waals surface area contributed by atoms with E-state index in [4.69, 9.17) is 4.74 Å². The number of hydrogen-bond donors (Lipinski definition) is 1. The van der Waals surface area contributed by atoms with Crippen molar-refractivity contribution < 1.29 is 14.6 Å². The van der Waals surface area contributed by atoms with Crippen molar-refractivity contribution in [3.63, 3.8) is 0 Å². The molecule has 1 heterocycles. The number of carbonyl (C=O) groups is 1. The molecule has 3 fully saturated rings. The Kier molecular flexibility index (Phi) is 3.86. The molecular weight excluding hydrogens is 348 g/mol. The van der Waals surface area contributed by atoms with Crippen LogP contribution in [0, 0.1) is 39.4 Å². The Morgan fingerprint density at radius 3 is 2.39 bits per heavy atom. The Labute approximate surface area is 170 Å². The summed E-state index contributed by atoms with van der Waals surface area (Å²) in [6.45, 7) is 12.7. The number of cyclic esters (lactones) is 1. The second-order valence-corrected chi connectivity index (χ2v) is 12.2. The molecule has 0 bridgehead atoms. The Hall–Kier alpha value is -0.830. The number of aliphatic hydroxyl groups is 1. The lowest BCUT2D eigenvalue weighted by molar-refractivity contribution is -0.217. The monoisotopic (exact) mass is 386 g/mol. The van der Waals surface area contributed by atoms with Crippen LogP contribution in [0.4, 0.5) is 0 Å². The summed E-state index contributed by atoms with van der Waals surface area (Å²) in [5.74, 6) is 1.52. The highest BCUT2D eigenvalue weighted by Crippen LogP contribution is 2.73. The van der Waals surface area contributed by atoms with Gasteiger partial charge in [-0.15, -0.1) is 0 Å². The first kappa shape index (κ1) is 19.2. The predicted octanol–water partition coefficient (Wildman–Crippen LogP) is 5.27. The third kappa shape index (κ3) is 2.13. The zero-order valence-electron chi connectivity index (χ0n) is 18.4. The lowest BCUT2D eigenvalue weighted by Gasteiger charge is -2.69. The van der Waals surface area contributed by atoms with E-state index < -0.39 is 11.5 Å². The van der Waals surface area contributed by atoms with E-state index in [0.29, 0.717) is 29.3 Å². The summed E-state index contributed by atoms with van der Waals surface area (Å²) in [6.07, 6.45) is 8.97. The van der Waals surface area contributed by atoms with Crippen molar-refractivity contribution in [2.45, 2.75) is 92.1 Å². The van der Waals surface area contributed by atoms with Gasteiger partial charge in [-0.25, -0.2) is 4.79 Å². The zero-order valence-corrected chi connectivity index (χ0v) is 18.4. The van der Waals surface area contributed by atoms with Crippen molar-refractivity contribution in [2.24, 2.45) is 39.4 Å². The van der Waals surface area contributed by atoms with Crippen molar-refractivity contribution in [3.8, 4) is 0 Å². The highest BCUT2D eigenvalue weighted by atomic mass is 16.5. The molecule has 0 aromatic carbocycles. The van der Waals surface area contributed by atoms with Crippen LogP contribution in [0.2, 0.25) is 0 Å². The minimum Gasteiger partial charge on any atom is -0.458 e. The fourth-order valence-electron chi connectivity index (χ4n) is 9.56. The molecule has 0 spiro atoms. The SMILES string of the molecule is CC1(C)CCC[C@]2(C)[C@H]3C[C@@H](O)[C@]4(C)C5=C(CC[C@H]4[C@]3(C)CC[C@@H]12)COC5=O. The largest absolute Gasteiger partial charge is 0.458 e. The number of aliphatic hydroxyl groups excluding tert-OH is 1. The van der Waals surface area contributed by atoms with E-state index in [1.165, 1.54) is 37.7 Å². The fourth-order valence-corrected chi connectivity index (χ4v) is 9.56. The maximum absolute atomic E-state index is 12.7. The maximum atomic E-state index is 12.7. The van der Waals surface area contributed by atoms with Gasteiger partial charge in [-0.2, -0.15) is 0 Å². The summed E-state index contributed by atoms with van der Waals surface area (Å²) in [4.78, 5) is 12.7. The van der Waals surface area contributed by atoms with Crippen LogP contribution in [-0.4, -0.2) is 23.8 Å². The molecular formula is C25H38O3. The molecule has 5 rings (SSSR count). The second kappa shape index (κ2) is 5.65. The van der Waals surface area contributed by atoms with Gasteiger partial charge in [0.1, 0.15) is 6.61 Å². The van der Waals surface area contributed by atoms with Gasteiger partial charge in [0.15, 0.2) is 0 Å². The van der Waals surface area contributed by atoms with Crippen molar-refractivity contribution in [2.75, 3.05) is 6.61 Å². The molecule has 28 heavy (non-hydrogen) atoms. The average molecular weight is 387 g/mol. The first-order chi connectivity index (χ1) is 13.0. The highest BCUT2D eigenvalue weighted by Gasteiger charge is 2.68. The normalized spacial score (nSPS) is 52.3. The number of rotatable bonds is 0. The minimum absolute atomic E-state index is 0.151. The Morgan fingerprint density at radius 2 is 1.64 bits per heavy atom. The smallest absolute Gasteiger partial charge is 0.335 e. The van der Waals surface area contributed by atoms with Gasteiger partial charge >= 0.3 is 5.97 Å². The van der Waals surface area contributed by atoms with Gasteiger partial charge in [0.25, 0.3) is 0 Å². The molecule has 1 N–H and O–H groups in total. The van der Waals surface area contributed by atoms with Crippen molar-refractivity contribution in [1.82, 2.24) is 0 Å². The molecule has 0 radical (unpaired) electrons. The molecule has 4 aliphatic carbocycles. The van der Waals surface area contributed by atoms with E-state index in [1.807, 2.05) is 0 Å². The number of carbonyl (C=O) groups excluding carboxylic acids is 1. The average Bonchev–Trinajstić information content (AvgIpc) is 2.99. The molecule has 0 amide bonds. The van der Waals surface area contributed by atoms with Crippen LogP contribution in [0.25, 0.3) is 0 Å². The Balaban J connectivity index is 1.60. The molecule has 5 aliphatic rings. The van der Waals surface area contributed by atoms with Gasteiger partial charge in [-0.05, 0) is 84.5 Å². The van der Waals surface area contributed by atoms with Crippen LogP contribution in [0.15, 0.2) is 11.1 Å². The van der Waals surface area contributed by atoms with Crippen LogP contribution >= 0.6 is 0 Å². The van der Waals surface area contributed by atoms with E-state index in [1.54, 1.807) is 0 Å². The standard InChI is InChI=1S/C25H38O3/c1-22(2)10-6-11-23(3)16(22)9-12-24(4)17-8-7-15-14-28-21(27)20(15)25(17,5)19(26)13-18(23)24/h16-19,26H,6-14H2,1-5H3/t16-,17-,18+,19+,23-,24-,25+/m0/s1. The first-order valence-corrected chi connectivity index (χ1v) is 11.6. The molecule has 0 aromatic rings. The lowest BCUT2D eigenvalue weighted by Crippen LogP contribution is -2.65. The number of esters is 1. The molecule has 156 valence electrons. The minimum atomic E-state index is -0.438. The zero-order chi connectivity index (χ0) is 20.1.